The molecule has 0 aromatic carbocycles. The first-order valence-electron chi connectivity index (χ1n) is 6.77. The lowest BCUT2D eigenvalue weighted by atomic mass is 9.62. The lowest BCUT2D eigenvalue weighted by Gasteiger charge is -2.44. The molecule has 1 saturated carbocycles. The molecule has 0 bridgehead atoms. The average Bonchev–Trinajstić information content (AvgIpc) is 2.31. The zero-order valence-corrected chi connectivity index (χ0v) is 12.4. The number of rotatable bonds is 7. The molecular formula is C13H23N3O2S. The molecular weight excluding hydrogens is 262 g/mol. The van der Waals surface area contributed by atoms with Crippen molar-refractivity contribution in [1.82, 2.24) is 10.6 Å². The van der Waals surface area contributed by atoms with Crippen molar-refractivity contribution in [2.24, 2.45) is 17.1 Å². The van der Waals surface area contributed by atoms with Gasteiger partial charge in [-0.1, -0.05) is 26.1 Å². The van der Waals surface area contributed by atoms with Gasteiger partial charge in [-0.2, -0.15) is 0 Å². The van der Waals surface area contributed by atoms with Crippen LogP contribution < -0.4 is 16.4 Å². The van der Waals surface area contributed by atoms with E-state index in [0.717, 1.165) is 6.42 Å². The SMILES string of the molecule is CCCNC(=O)CCNC(=O)C1(C(N)=S)CC(C)C1. The van der Waals surface area contributed by atoms with Crippen LogP contribution in [0.1, 0.15) is 39.5 Å². The van der Waals surface area contributed by atoms with Crippen LogP contribution in [-0.4, -0.2) is 29.9 Å². The van der Waals surface area contributed by atoms with E-state index < -0.39 is 5.41 Å². The second kappa shape index (κ2) is 6.84. The molecule has 0 heterocycles. The molecule has 5 nitrogen and oxygen atoms in total. The Morgan fingerprint density at radius 1 is 1.32 bits per heavy atom. The summed E-state index contributed by atoms with van der Waals surface area (Å²) in [5.74, 6) is 0.287. The van der Waals surface area contributed by atoms with Crippen LogP contribution in [-0.2, 0) is 9.59 Å². The Hall–Kier alpha value is -1.17. The minimum absolute atomic E-state index is 0.0477. The molecule has 1 fully saturated rings. The van der Waals surface area contributed by atoms with Gasteiger partial charge in [0.1, 0.15) is 0 Å². The number of carbonyl (C=O) groups excluding carboxylic acids is 2. The molecule has 1 aliphatic carbocycles. The maximum absolute atomic E-state index is 12.1. The Morgan fingerprint density at radius 3 is 2.42 bits per heavy atom. The molecule has 1 rings (SSSR count). The number of hydrogen-bond donors (Lipinski definition) is 3. The van der Waals surface area contributed by atoms with Gasteiger partial charge >= 0.3 is 0 Å². The Bertz CT molecular complexity index is 365. The third kappa shape index (κ3) is 3.89. The summed E-state index contributed by atoms with van der Waals surface area (Å²) in [7, 11) is 0. The van der Waals surface area contributed by atoms with Crippen molar-refractivity contribution in [2.45, 2.75) is 39.5 Å². The molecule has 0 radical (unpaired) electrons. The van der Waals surface area contributed by atoms with Crippen LogP contribution in [0.2, 0.25) is 0 Å². The quantitative estimate of drug-likeness (QED) is 0.602. The molecule has 0 atom stereocenters. The van der Waals surface area contributed by atoms with E-state index in [1.165, 1.54) is 0 Å². The van der Waals surface area contributed by atoms with Crippen molar-refractivity contribution >= 4 is 29.0 Å². The fourth-order valence-corrected chi connectivity index (χ4v) is 2.70. The molecule has 0 unspecified atom stereocenters. The van der Waals surface area contributed by atoms with Gasteiger partial charge in [-0.25, -0.2) is 0 Å². The van der Waals surface area contributed by atoms with Crippen LogP contribution in [0.15, 0.2) is 0 Å². The summed E-state index contributed by atoms with van der Waals surface area (Å²) in [6.45, 7) is 5.06. The summed E-state index contributed by atoms with van der Waals surface area (Å²) in [5, 5.41) is 5.53. The number of carbonyl (C=O) groups is 2. The van der Waals surface area contributed by atoms with Gasteiger partial charge in [-0.15, -0.1) is 0 Å². The first kappa shape index (κ1) is 15.9. The van der Waals surface area contributed by atoms with E-state index in [1.807, 2.05) is 6.92 Å². The summed E-state index contributed by atoms with van der Waals surface area (Å²) >= 11 is 5.01. The monoisotopic (exact) mass is 285 g/mol. The van der Waals surface area contributed by atoms with E-state index in [-0.39, 0.29) is 23.2 Å². The number of nitrogens with two attached hydrogens (primary N) is 1. The highest BCUT2D eigenvalue weighted by molar-refractivity contribution is 7.80. The van der Waals surface area contributed by atoms with Crippen LogP contribution in [0, 0.1) is 11.3 Å². The molecule has 1 aliphatic rings. The fraction of sp³-hybridized carbons (Fsp3) is 0.769. The molecule has 4 N–H and O–H groups in total. The standard InChI is InChI=1S/C13H23N3O2S/c1-3-5-15-10(17)4-6-16-12(18)13(11(14)19)7-9(2)8-13/h9H,3-8H2,1-2H3,(H2,14,19)(H,15,17)(H,16,18). The summed E-state index contributed by atoms with van der Waals surface area (Å²) < 4.78 is 0. The minimum Gasteiger partial charge on any atom is -0.392 e. The van der Waals surface area contributed by atoms with Gasteiger partial charge in [-0.3, -0.25) is 9.59 Å². The van der Waals surface area contributed by atoms with Gasteiger partial charge in [0.15, 0.2) is 0 Å². The van der Waals surface area contributed by atoms with Crippen molar-refractivity contribution in [1.29, 1.82) is 0 Å². The van der Waals surface area contributed by atoms with Crippen molar-refractivity contribution in [3.05, 3.63) is 0 Å². The van der Waals surface area contributed by atoms with Gasteiger partial charge < -0.3 is 16.4 Å². The molecule has 0 aliphatic heterocycles. The van der Waals surface area contributed by atoms with E-state index in [9.17, 15) is 9.59 Å². The molecule has 0 spiro atoms. The molecule has 0 saturated heterocycles. The molecule has 19 heavy (non-hydrogen) atoms. The molecule has 0 aromatic heterocycles. The van der Waals surface area contributed by atoms with E-state index in [2.05, 4.69) is 17.6 Å². The van der Waals surface area contributed by atoms with E-state index >= 15 is 0 Å². The Kier molecular flexibility index (Phi) is 5.72. The highest BCUT2D eigenvalue weighted by Gasteiger charge is 2.50. The van der Waals surface area contributed by atoms with Crippen molar-refractivity contribution in [3.63, 3.8) is 0 Å². The van der Waals surface area contributed by atoms with Crippen molar-refractivity contribution in [2.75, 3.05) is 13.1 Å². The third-order valence-electron chi connectivity index (χ3n) is 3.51. The second-order valence-corrected chi connectivity index (χ2v) is 5.76. The number of hydrogen-bond acceptors (Lipinski definition) is 3. The third-order valence-corrected chi connectivity index (χ3v) is 3.90. The zero-order valence-electron chi connectivity index (χ0n) is 11.6. The summed E-state index contributed by atoms with van der Waals surface area (Å²) in [5.41, 5.74) is 5.00. The molecule has 108 valence electrons. The van der Waals surface area contributed by atoms with Gasteiger partial charge in [-0.05, 0) is 25.2 Å². The van der Waals surface area contributed by atoms with Crippen LogP contribution in [0.3, 0.4) is 0 Å². The van der Waals surface area contributed by atoms with Gasteiger partial charge in [0.25, 0.3) is 0 Å². The van der Waals surface area contributed by atoms with E-state index in [0.29, 0.717) is 31.8 Å². The fourth-order valence-electron chi connectivity index (χ4n) is 2.44. The highest BCUT2D eigenvalue weighted by Crippen LogP contribution is 2.45. The Balaban J connectivity index is 2.35. The Morgan fingerprint density at radius 2 is 1.95 bits per heavy atom. The van der Waals surface area contributed by atoms with Crippen molar-refractivity contribution < 1.29 is 9.59 Å². The molecule has 6 heteroatoms. The molecule has 0 aromatic rings. The summed E-state index contributed by atoms with van der Waals surface area (Å²) in [6.07, 6.45) is 2.60. The highest BCUT2D eigenvalue weighted by atomic mass is 32.1. The van der Waals surface area contributed by atoms with Gasteiger partial charge in [0, 0.05) is 19.5 Å². The van der Waals surface area contributed by atoms with Crippen LogP contribution >= 0.6 is 12.2 Å². The van der Waals surface area contributed by atoms with Crippen LogP contribution in [0.4, 0.5) is 0 Å². The number of thiocarbonyl (C=S) groups is 1. The maximum atomic E-state index is 12.1. The predicted molar refractivity (Wildman–Crippen MR) is 78.5 cm³/mol. The first-order chi connectivity index (χ1) is 8.92. The summed E-state index contributed by atoms with van der Waals surface area (Å²) in [6, 6.07) is 0. The smallest absolute Gasteiger partial charge is 0.233 e. The first-order valence-corrected chi connectivity index (χ1v) is 7.18. The lowest BCUT2D eigenvalue weighted by molar-refractivity contribution is -0.132. The Labute approximate surface area is 119 Å². The second-order valence-electron chi connectivity index (χ2n) is 5.32. The van der Waals surface area contributed by atoms with Crippen LogP contribution in [0.25, 0.3) is 0 Å². The lowest BCUT2D eigenvalue weighted by Crippen LogP contribution is -2.56. The van der Waals surface area contributed by atoms with E-state index in [4.69, 9.17) is 18.0 Å². The zero-order chi connectivity index (χ0) is 14.5. The topological polar surface area (TPSA) is 84.2 Å². The normalized spacial score (nSPS) is 25.3. The largest absolute Gasteiger partial charge is 0.392 e. The molecule has 2 amide bonds. The van der Waals surface area contributed by atoms with Gasteiger partial charge in [0.05, 0.1) is 10.4 Å². The number of nitrogens with one attached hydrogen (secondary N) is 2. The minimum atomic E-state index is -0.686. The average molecular weight is 285 g/mol. The van der Waals surface area contributed by atoms with Gasteiger partial charge in [0.2, 0.25) is 11.8 Å². The number of amides is 2. The van der Waals surface area contributed by atoms with E-state index in [1.54, 1.807) is 0 Å². The van der Waals surface area contributed by atoms with Crippen molar-refractivity contribution in [3.8, 4) is 0 Å². The summed E-state index contributed by atoms with van der Waals surface area (Å²) in [4.78, 5) is 23.8. The predicted octanol–water partition coefficient (Wildman–Crippen LogP) is 0.721. The maximum Gasteiger partial charge on any atom is 0.233 e. The van der Waals surface area contributed by atoms with Crippen LogP contribution in [0.5, 0.6) is 0 Å².